The van der Waals surface area contributed by atoms with Crippen LogP contribution in [0.25, 0.3) is 0 Å². The maximum absolute atomic E-state index is 12.0. The van der Waals surface area contributed by atoms with Crippen LogP contribution in [0.4, 0.5) is 0 Å². The topological polar surface area (TPSA) is 47.6 Å². The molecule has 0 fully saturated rings. The first-order valence-corrected chi connectivity index (χ1v) is 7.72. The van der Waals surface area contributed by atoms with Crippen molar-refractivity contribution in [1.82, 2.24) is 5.32 Å². The molecule has 0 aliphatic carbocycles. The highest BCUT2D eigenvalue weighted by molar-refractivity contribution is 8.00. The van der Waals surface area contributed by atoms with Gasteiger partial charge in [0, 0.05) is 19.8 Å². The molecule has 0 heterocycles. The van der Waals surface area contributed by atoms with Gasteiger partial charge in [-0.15, -0.1) is 11.8 Å². The zero-order valence-corrected chi connectivity index (χ0v) is 13.2. The molecule has 0 spiro atoms. The van der Waals surface area contributed by atoms with E-state index in [0.717, 1.165) is 17.1 Å². The van der Waals surface area contributed by atoms with Crippen LogP contribution in [0.2, 0.25) is 0 Å². The number of methoxy groups -OCH3 is 1. The lowest BCUT2D eigenvalue weighted by Crippen LogP contribution is -2.32. The standard InChI is InChI=1S/C15H23NO3S/c1-4-19-11-7-10-16-15(17)12(2)20-14-9-6-5-8-13(14)18-3/h5-6,8-9,12H,4,7,10-11H2,1-3H3,(H,16,17). The number of hydrogen-bond donors (Lipinski definition) is 1. The van der Waals surface area contributed by atoms with Gasteiger partial charge in [-0.1, -0.05) is 12.1 Å². The molecule has 0 aliphatic heterocycles. The van der Waals surface area contributed by atoms with Gasteiger partial charge in [-0.25, -0.2) is 0 Å². The van der Waals surface area contributed by atoms with E-state index in [1.165, 1.54) is 11.8 Å². The quantitative estimate of drug-likeness (QED) is 0.562. The number of hydrogen-bond acceptors (Lipinski definition) is 4. The maximum Gasteiger partial charge on any atom is 0.233 e. The summed E-state index contributed by atoms with van der Waals surface area (Å²) >= 11 is 1.50. The molecule has 1 atom stereocenters. The van der Waals surface area contributed by atoms with Gasteiger partial charge in [0.1, 0.15) is 5.75 Å². The maximum atomic E-state index is 12.0. The van der Waals surface area contributed by atoms with Gasteiger partial charge in [0.25, 0.3) is 0 Å². The van der Waals surface area contributed by atoms with E-state index in [9.17, 15) is 4.79 Å². The number of thioether (sulfide) groups is 1. The fourth-order valence-electron chi connectivity index (χ4n) is 1.63. The van der Waals surface area contributed by atoms with Gasteiger partial charge in [-0.05, 0) is 32.4 Å². The van der Waals surface area contributed by atoms with Gasteiger partial charge >= 0.3 is 0 Å². The summed E-state index contributed by atoms with van der Waals surface area (Å²) < 4.78 is 10.5. The lowest BCUT2D eigenvalue weighted by atomic mass is 10.3. The Hall–Kier alpha value is -1.20. The van der Waals surface area contributed by atoms with E-state index >= 15 is 0 Å². The van der Waals surface area contributed by atoms with Crippen molar-refractivity contribution in [2.45, 2.75) is 30.4 Å². The highest BCUT2D eigenvalue weighted by Gasteiger charge is 2.15. The third kappa shape index (κ3) is 5.84. The molecule has 1 aromatic rings. The fraction of sp³-hybridized carbons (Fsp3) is 0.533. The largest absolute Gasteiger partial charge is 0.496 e. The molecule has 1 N–H and O–H groups in total. The normalized spacial score (nSPS) is 11.9. The van der Waals surface area contributed by atoms with Crippen LogP contribution in [0.15, 0.2) is 29.2 Å². The first kappa shape index (κ1) is 16.9. The van der Waals surface area contributed by atoms with Crippen molar-refractivity contribution in [2.75, 3.05) is 26.9 Å². The van der Waals surface area contributed by atoms with E-state index in [4.69, 9.17) is 9.47 Å². The first-order chi connectivity index (χ1) is 9.69. The van der Waals surface area contributed by atoms with E-state index in [2.05, 4.69) is 5.32 Å². The van der Waals surface area contributed by atoms with Crippen LogP contribution in [0.1, 0.15) is 20.3 Å². The Morgan fingerprint density at radius 3 is 2.85 bits per heavy atom. The van der Waals surface area contributed by atoms with Crippen LogP contribution >= 0.6 is 11.8 Å². The SMILES string of the molecule is CCOCCCNC(=O)C(C)Sc1ccccc1OC. The zero-order valence-electron chi connectivity index (χ0n) is 12.3. The summed E-state index contributed by atoms with van der Waals surface area (Å²) in [5.74, 6) is 0.839. The highest BCUT2D eigenvalue weighted by atomic mass is 32.2. The van der Waals surface area contributed by atoms with Gasteiger partial charge in [-0.2, -0.15) is 0 Å². The molecule has 0 aromatic heterocycles. The van der Waals surface area contributed by atoms with Crippen LogP contribution in [0.3, 0.4) is 0 Å². The molecule has 1 amide bonds. The number of rotatable bonds is 9. The van der Waals surface area contributed by atoms with E-state index in [1.54, 1.807) is 7.11 Å². The predicted octanol–water partition coefficient (Wildman–Crippen LogP) is 2.72. The molecule has 1 aromatic carbocycles. The van der Waals surface area contributed by atoms with Crippen LogP contribution < -0.4 is 10.1 Å². The summed E-state index contributed by atoms with van der Waals surface area (Å²) in [6, 6.07) is 7.72. The molecule has 0 saturated carbocycles. The van der Waals surface area contributed by atoms with Crippen molar-refractivity contribution >= 4 is 17.7 Å². The molecule has 0 saturated heterocycles. The lowest BCUT2D eigenvalue weighted by Gasteiger charge is -2.14. The number of para-hydroxylation sites is 1. The Kier molecular flexibility index (Phi) is 8.14. The molecule has 0 radical (unpaired) electrons. The minimum absolute atomic E-state index is 0.0393. The predicted molar refractivity (Wildman–Crippen MR) is 82.4 cm³/mol. The second-order valence-corrected chi connectivity index (χ2v) is 5.64. The molecule has 5 heteroatoms. The van der Waals surface area contributed by atoms with E-state index in [0.29, 0.717) is 19.8 Å². The average Bonchev–Trinajstić information content (AvgIpc) is 2.47. The minimum Gasteiger partial charge on any atom is -0.496 e. The highest BCUT2D eigenvalue weighted by Crippen LogP contribution is 2.31. The third-order valence-corrected chi connectivity index (χ3v) is 3.87. The number of amides is 1. The summed E-state index contributed by atoms with van der Waals surface area (Å²) in [5, 5.41) is 2.76. The molecule has 0 bridgehead atoms. The summed E-state index contributed by atoms with van der Waals surface area (Å²) in [7, 11) is 1.64. The van der Waals surface area contributed by atoms with Gasteiger partial charge < -0.3 is 14.8 Å². The minimum atomic E-state index is -0.154. The monoisotopic (exact) mass is 297 g/mol. The van der Waals surface area contributed by atoms with Crippen molar-refractivity contribution in [1.29, 1.82) is 0 Å². The number of nitrogens with one attached hydrogen (secondary N) is 1. The molecular formula is C15H23NO3S. The Labute approximate surface area is 125 Å². The van der Waals surface area contributed by atoms with E-state index in [-0.39, 0.29) is 11.2 Å². The summed E-state index contributed by atoms with van der Waals surface area (Å²) in [5.41, 5.74) is 0. The van der Waals surface area contributed by atoms with Crippen molar-refractivity contribution < 1.29 is 14.3 Å². The summed E-state index contributed by atoms with van der Waals surface area (Å²) in [6.45, 7) is 5.91. The summed E-state index contributed by atoms with van der Waals surface area (Å²) in [4.78, 5) is 12.9. The van der Waals surface area contributed by atoms with Crippen LogP contribution in [-0.4, -0.2) is 38.0 Å². The van der Waals surface area contributed by atoms with Crippen molar-refractivity contribution in [3.63, 3.8) is 0 Å². The van der Waals surface area contributed by atoms with Gasteiger partial charge in [-0.3, -0.25) is 4.79 Å². The first-order valence-electron chi connectivity index (χ1n) is 6.84. The van der Waals surface area contributed by atoms with Crippen molar-refractivity contribution in [3.8, 4) is 5.75 Å². The molecule has 20 heavy (non-hydrogen) atoms. The second kappa shape index (κ2) is 9.66. The van der Waals surface area contributed by atoms with Crippen LogP contribution in [0, 0.1) is 0 Å². The second-order valence-electron chi connectivity index (χ2n) is 4.25. The number of carbonyl (C=O) groups is 1. The Balaban J connectivity index is 2.37. The number of ether oxygens (including phenoxy) is 2. The van der Waals surface area contributed by atoms with Gasteiger partial charge in [0.15, 0.2) is 0 Å². The Bertz CT molecular complexity index is 412. The van der Waals surface area contributed by atoms with E-state index in [1.807, 2.05) is 38.1 Å². The molecule has 0 aliphatic rings. The molecular weight excluding hydrogens is 274 g/mol. The Morgan fingerprint density at radius 1 is 1.40 bits per heavy atom. The smallest absolute Gasteiger partial charge is 0.233 e. The molecule has 1 unspecified atom stereocenters. The summed E-state index contributed by atoms with van der Waals surface area (Å²) in [6.07, 6.45) is 0.839. The molecule has 112 valence electrons. The Morgan fingerprint density at radius 2 is 2.15 bits per heavy atom. The zero-order chi connectivity index (χ0) is 14.8. The van der Waals surface area contributed by atoms with E-state index < -0.39 is 0 Å². The van der Waals surface area contributed by atoms with Crippen molar-refractivity contribution in [2.24, 2.45) is 0 Å². The number of benzene rings is 1. The third-order valence-electron chi connectivity index (χ3n) is 2.71. The fourth-order valence-corrected chi connectivity index (χ4v) is 2.63. The van der Waals surface area contributed by atoms with Crippen LogP contribution in [0.5, 0.6) is 5.75 Å². The van der Waals surface area contributed by atoms with Crippen LogP contribution in [-0.2, 0) is 9.53 Å². The van der Waals surface area contributed by atoms with Gasteiger partial charge in [0.05, 0.1) is 17.3 Å². The van der Waals surface area contributed by atoms with Gasteiger partial charge in [0.2, 0.25) is 5.91 Å². The number of carbonyl (C=O) groups excluding carboxylic acids is 1. The molecule has 1 rings (SSSR count). The average molecular weight is 297 g/mol. The van der Waals surface area contributed by atoms with Crippen molar-refractivity contribution in [3.05, 3.63) is 24.3 Å². The lowest BCUT2D eigenvalue weighted by molar-refractivity contribution is -0.120. The molecule has 4 nitrogen and oxygen atoms in total.